The number of nitrogens with two attached hydrogens (primary N) is 1. The monoisotopic (exact) mass is 220 g/mol. The molecular formula is C10H12N4O2. The lowest BCUT2D eigenvalue weighted by Crippen LogP contribution is -2.45. The lowest BCUT2D eigenvalue weighted by Gasteiger charge is -2.26. The Balaban J connectivity index is 3.20. The summed E-state index contributed by atoms with van der Waals surface area (Å²) in [5.74, 6) is -0.936. The van der Waals surface area contributed by atoms with E-state index in [1.54, 1.807) is 30.3 Å². The third-order valence-corrected chi connectivity index (χ3v) is 2.31. The van der Waals surface area contributed by atoms with Crippen molar-refractivity contribution in [2.45, 2.75) is 18.6 Å². The van der Waals surface area contributed by atoms with Crippen LogP contribution in [0.2, 0.25) is 0 Å². The minimum Gasteiger partial charge on any atom is -0.380 e. The van der Waals surface area contributed by atoms with E-state index in [4.69, 9.17) is 11.3 Å². The summed E-state index contributed by atoms with van der Waals surface area (Å²) < 4.78 is 0. The first-order valence-corrected chi connectivity index (χ1v) is 4.61. The van der Waals surface area contributed by atoms with Gasteiger partial charge in [0.15, 0.2) is 5.60 Å². The van der Waals surface area contributed by atoms with Crippen LogP contribution >= 0.6 is 0 Å². The number of hydrogen-bond donors (Lipinski definition) is 2. The molecule has 6 nitrogen and oxygen atoms in total. The maximum Gasteiger partial charge on any atom is 0.249 e. The molecule has 0 aliphatic carbocycles. The molecule has 1 rings (SSSR count). The lowest BCUT2D eigenvalue weighted by atomic mass is 9.90. The van der Waals surface area contributed by atoms with Gasteiger partial charge in [-0.2, -0.15) is 0 Å². The van der Waals surface area contributed by atoms with E-state index in [9.17, 15) is 9.90 Å². The van der Waals surface area contributed by atoms with Crippen molar-refractivity contribution >= 4 is 5.91 Å². The van der Waals surface area contributed by atoms with Crippen molar-refractivity contribution in [1.29, 1.82) is 0 Å². The molecule has 0 bridgehead atoms. The van der Waals surface area contributed by atoms with Crippen molar-refractivity contribution in [3.05, 3.63) is 46.3 Å². The smallest absolute Gasteiger partial charge is 0.249 e. The highest BCUT2D eigenvalue weighted by atomic mass is 16.3. The van der Waals surface area contributed by atoms with E-state index >= 15 is 0 Å². The molecule has 1 amide bonds. The van der Waals surface area contributed by atoms with Crippen LogP contribution < -0.4 is 5.73 Å². The summed E-state index contributed by atoms with van der Waals surface area (Å²) in [6.45, 7) is 1.22. The van der Waals surface area contributed by atoms with Gasteiger partial charge in [0.05, 0.1) is 0 Å². The minimum atomic E-state index is -1.91. The fraction of sp³-hybridized carbons (Fsp3) is 0.300. The summed E-state index contributed by atoms with van der Waals surface area (Å²) >= 11 is 0. The van der Waals surface area contributed by atoms with Crippen LogP contribution in [0.5, 0.6) is 0 Å². The third kappa shape index (κ3) is 2.31. The maximum absolute atomic E-state index is 11.1. The van der Waals surface area contributed by atoms with Crippen molar-refractivity contribution in [1.82, 2.24) is 0 Å². The molecule has 0 saturated heterocycles. The average molecular weight is 220 g/mol. The van der Waals surface area contributed by atoms with E-state index in [1.165, 1.54) is 6.92 Å². The largest absolute Gasteiger partial charge is 0.380 e. The number of carbonyl (C=O) groups is 1. The molecule has 3 N–H and O–H groups in total. The van der Waals surface area contributed by atoms with Crippen LogP contribution in [-0.4, -0.2) is 16.6 Å². The van der Waals surface area contributed by atoms with Gasteiger partial charge in [-0.25, -0.2) is 0 Å². The first-order valence-electron chi connectivity index (χ1n) is 4.61. The highest BCUT2D eigenvalue weighted by Gasteiger charge is 2.38. The van der Waals surface area contributed by atoms with Gasteiger partial charge in [0.25, 0.3) is 0 Å². The summed E-state index contributed by atoms with van der Waals surface area (Å²) in [6.07, 6.45) is 0. The number of primary amides is 1. The number of aliphatic hydroxyl groups is 1. The van der Waals surface area contributed by atoms with Gasteiger partial charge in [-0.3, -0.25) is 4.79 Å². The van der Waals surface area contributed by atoms with Gasteiger partial charge in [0.1, 0.15) is 6.04 Å². The van der Waals surface area contributed by atoms with E-state index in [0.29, 0.717) is 5.56 Å². The van der Waals surface area contributed by atoms with E-state index < -0.39 is 17.6 Å². The van der Waals surface area contributed by atoms with Crippen molar-refractivity contribution in [2.75, 3.05) is 0 Å². The van der Waals surface area contributed by atoms with Crippen molar-refractivity contribution < 1.29 is 9.90 Å². The Labute approximate surface area is 92.3 Å². The van der Waals surface area contributed by atoms with Gasteiger partial charge in [-0.05, 0) is 18.0 Å². The zero-order chi connectivity index (χ0) is 12.2. The Bertz CT molecular complexity index is 424. The van der Waals surface area contributed by atoms with Crippen LogP contribution in [0.4, 0.5) is 0 Å². The second-order valence-corrected chi connectivity index (χ2v) is 3.53. The molecule has 0 radical (unpaired) electrons. The van der Waals surface area contributed by atoms with E-state index in [2.05, 4.69) is 10.0 Å². The van der Waals surface area contributed by atoms with Crippen LogP contribution in [0.3, 0.4) is 0 Å². The fourth-order valence-corrected chi connectivity index (χ4v) is 1.33. The first kappa shape index (κ1) is 12.0. The van der Waals surface area contributed by atoms with Crippen LogP contribution in [0.25, 0.3) is 10.4 Å². The zero-order valence-electron chi connectivity index (χ0n) is 8.74. The Kier molecular flexibility index (Phi) is 3.50. The minimum absolute atomic E-state index is 0.532. The molecule has 0 aromatic heterocycles. The number of nitrogens with zero attached hydrogens (tertiary/aromatic N) is 3. The van der Waals surface area contributed by atoms with E-state index in [1.807, 2.05) is 0 Å². The van der Waals surface area contributed by atoms with E-state index in [-0.39, 0.29) is 0 Å². The molecule has 1 aromatic carbocycles. The number of benzene rings is 1. The standard InChI is InChI=1S/C10H12N4O2/c1-10(16,9(11)15)8(13-14-12)7-5-3-2-4-6-7/h2-6,8,16H,1H3,(H2,11,15)/t8-,10-/m1/s1. The number of carbonyl (C=O) groups excluding carboxylic acids is 1. The maximum atomic E-state index is 11.1. The second kappa shape index (κ2) is 4.65. The van der Waals surface area contributed by atoms with Gasteiger partial charge in [0.2, 0.25) is 5.91 Å². The third-order valence-electron chi connectivity index (χ3n) is 2.31. The highest BCUT2D eigenvalue weighted by molar-refractivity contribution is 5.83. The molecule has 0 saturated carbocycles. The molecule has 6 heteroatoms. The average Bonchev–Trinajstić information content (AvgIpc) is 2.26. The van der Waals surface area contributed by atoms with Gasteiger partial charge in [-0.15, -0.1) is 0 Å². The van der Waals surface area contributed by atoms with Gasteiger partial charge in [0, 0.05) is 4.91 Å². The molecule has 0 spiro atoms. The van der Waals surface area contributed by atoms with Crippen LogP contribution in [0, 0.1) is 0 Å². The van der Waals surface area contributed by atoms with E-state index in [0.717, 1.165) is 0 Å². The quantitative estimate of drug-likeness (QED) is 0.452. The van der Waals surface area contributed by atoms with Crippen molar-refractivity contribution in [3.8, 4) is 0 Å². The predicted molar refractivity (Wildman–Crippen MR) is 58.1 cm³/mol. The molecular weight excluding hydrogens is 208 g/mol. The first-order chi connectivity index (χ1) is 7.50. The highest BCUT2D eigenvalue weighted by Crippen LogP contribution is 2.29. The van der Waals surface area contributed by atoms with Gasteiger partial charge >= 0.3 is 0 Å². The molecule has 1 aromatic rings. The normalized spacial score (nSPS) is 15.6. The van der Waals surface area contributed by atoms with Crippen molar-refractivity contribution in [3.63, 3.8) is 0 Å². The molecule has 0 heterocycles. The Morgan fingerprint density at radius 1 is 1.56 bits per heavy atom. The van der Waals surface area contributed by atoms with Crippen molar-refractivity contribution in [2.24, 2.45) is 10.8 Å². The summed E-state index contributed by atoms with van der Waals surface area (Å²) in [4.78, 5) is 13.7. The fourth-order valence-electron chi connectivity index (χ4n) is 1.33. The number of hydrogen-bond acceptors (Lipinski definition) is 3. The summed E-state index contributed by atoms with van der Waals surface area (Å²) in [6, 6.07) is 7.47. The van der Waals surface area contributed by atoms with Crippen LogP contribution in [-0.2, 0) is 4.79 Å². The second-order valence-electron chi connectivity index (χ2n) is 3.53. The zero-order valence-corrected chi connectivity index (χ0v) is 8.74. The summed E-state index contributed by atoms with van der Waals surface area (Å²) in [7, 11) is 0. The Morgan fingerprint density at radius 2 is 2.12 bits per heavy atom. The molecule has 0 fully saturated rings. The molecule has 0 aliphatic rings. The molecule has 16 heavy (non-hydrogen) atoms. The topological polar surface area (TPSA) is 112 Å². The lowest BCUT2D eigenvalue weighted by molar-refractivity contribution is -0.136. The molecule has 84 valence electrons. The van der Waals surface area contributed by atoms with Crippen LogP contribution in [0.15, 0.2) is 35.4 Å². The Hall–Kier alpha value is -2.04. The number of amides is 1. The number of azide groups is 1. The predicted octanol–water partition coefficient (Wildman–Crippen LogP) is 1.27. The summed E-state index contributed by atoms with van der Waals surface area (Å²) in [5, 5.41) is 13.3. The molecule has 2 atom stereocenters. The number of rotatable bonds is 4. The van der Waals surface area contributed by atoms with Gasteiger partial charge in [-0.1, -0.05) is 35.4 Å². The van der Waals surface area contributed by atoms with Gasteiger partial charge < -0.3 is 10.8 Å². The molecule has 0 aliphatic heterocycles. The Morgan fingerprint density at radius 3 is 2.56 bits per heavy atom. The van der Waals surface area contributed by atoms with Crippen LogP contribution in [0.1, 0.15) is 18.5 Å². The SMILES string of the molecule is C[C@](O)(C(N)=O)[C@H](N=[N+]=[N-])c1ccccc1. The summed E-state index contributed by atoms with van der Waals surface area (Å²) in [5.41, 5.74) is 12.1. The molecule has 0 unspecified atom stereocenters.